The minimum atomic E-state index is -0.284. The van der Waals surface area contributed by atoms with Crippen molar-refractivity contribution in [1.82, 2.24) is 25.3 Å². The van der Waals surface area contributed by atoms with E-state index >= 15 is 0 Å². The largest absolute Gasteiger partial charge is 0.355 e. The number of hydrogen-bond donors (Lipinski definition) is 2. The minimum absolute atomic E-state index is 0.0272. The van der Waals surface area contributed by atoms with Gasteiger partial charge < -0.3 is 15.5 Å². The third kappa shape index (κ3) is 3.87. The number of nitrogens with zero attached hydrogens (tertiary/aromatic N) is 3. The summed E-state index contributed by atoms with van der Waals surface area (Å²) in [5, 5.41) is 9.82. The Bertz CT molecular complexity index is 967. The number of rotatable bonds is 5. The maximum absolute atomic E-state index is 12.6. The number of aryl methyl sites for hydroxylation is 1. The van der Waals surface area contributed by atoms with Crippen LogP contribution in [0.2, 0.25) is 0 Å². The van der Waals surface area contributed by atoms with Gasteiger partial charge in [0, 0.05) is 45.8 Å². The molecule has 2 aromatic rings. The summed E-state index contributed by atoms with van der Waals surface area (Å²) in [5.74, 6) is -0.626. The predicted octanol–water partition coefficient (Wildman–Crippen LogP) is 0.818. The fraction of sp³-hybridized carbons (Fsp3) is 0.429. The molecule has 1 fully saturated rings. The van der Waals surface area contributed by atoms with E-state index in [1.807, 2.05) is 37.1 Å². The van der Waals surface area contributed by atoms with Gasteiger partial charge in [-0.25, -0.2) is 0 Å². The Balaban J connectivity index is 1.35. The molecule has 0 radical (unpaired) electrons. The summed E-state index contributed by atoms with van der Waals surface area (Å²) in [6.45, 7) is 3.84. The summed E-state index contributed by atoms with van der Waals surface area (Å²) in [6.07, 6.45) is 1.96. The van der Waals surface area contributed by atoms with E-state index in [2.05, 4.69) is 21.8 Å². The van der Waals surface area contributed by atoms with Crippen LogP contribution in [0.15, 0.2) is 30.5 Å². The SMILES string of the molecule is CC(C(=O)NCc1ccc2c(c1)CN(C(=O)C1CNC(=O)C1)C2)c1ccnn1C. The monoisotopic (exact) mass is 395 g/mol. The van der Waals surface area contributed by atoms with Gasteiger partial charge in [-0.2, -0.15) is 5.10 Å². The van der Waals surface area contributed by atoms with E-state index < -0.39 is 0 Å². The minimum Gasteiger partial charge on any atom is -0.355 e. The smallest absolute Gasteiger partial charge is 0.229 e. The molecule has 2 unspecified atom stereocenters. The summed E-state index contributed by atoms with van der Waals surface area (Å²) < 4.78 is 1.71. The van der Waals surface area contributed by atoms with Crippen LogP contribution >= 0.6 is 0 Å². The fourth-order valence-corrected chi connectivity index (χ4v) is 4.04. The average Bonchev–Trinajstić information content (AvgIpc) is 3.43. The van der Waals surface area contributed by atoms with Gasteiger partial charge >= 0.3 is 0 Å². The first-order chi connectivity index (χ1) is 13.9. The van der Waals surface area contributed by atoms with Crippen molar-refractivity contribution in [2.45, 2.75) is 38.9 Å². The lowest BCUT2D eigenvalue weighted by atomic mass is 10.1. The average molecular weight is 395 g/mol. The van der Waals surface area contributed by atoms with E-state index in [0.29, 0.717) is 26.2 Å². The highest BCUT2D eigenvalue weighted by atomic mass is 16.2. The van der Waals surface area contributed by atoms with Crippen LogP contribution in [0.4, 0.5) is 0 Å². The highest BCUT2D eigenvalue weighted by Crippen LogP contribution is 2.26. The lowest BCUT2D eigenvalue weighted by Gasteiger charge is -2.18. The van der Waals surface area contributed by atoms with Gasteiger partial charge in [-0.15, -0.1) is 0 Å². The van der Waals surface area contributed by atoms with E-state index in [1.165, 1.54) is 0 Å². The highest BCUT2D eigenvalue weighted by Gasteiger charge is 2.33. The number of fused-ring (bicyclic) bond motifs is 1. The summed E-state index contributed by atoms with van der Waals surface area (Å²) in [6, 6.07) is 7.91. The van der Waals surface area contributed by atoms with Crippen molar-refractivity contribution in [3.05, 3.63) is 52.8 Å². The number of nitrogens with one attached hydrogen (secondary N) is 2. The molecule has 4 rings (SSSR count). The van der Waals surface area contributed by atoms with Crippen molar-refractivity contribution >= 4 is 17.7 Å². The second-order valence-electron chi connectivity index (χ2n) is 7.82. The molecule has 3 heterocycles. The van der Waals surface area contributed by atoms with Gasteiger partial charge in [0.25, 0.3) is 0 Å². The Kier molecular flexibility index (Phi) is 5.08. The molecule has 152 valence electrons. The second-order valence-corrected chi connectivity index (χ2v) is 7.82. The zero-order valence-electron chi connectivity index (χ0n) is 16.6. The molecule has 0 saturated carbocycles. The Labute approximate surface area is 169 Å². The summed E-state index contributed by atoms with van der Waals surface area (Å²) >= 11 is 0. The molecule has 29 heavy (non-hydrogen) atoms. The number of carbonyl (C=O) groups is 3. The molecule has 1 aromatic heterocycles. The van der Waals surface area contributed by atoms with Gasteiger partial charge in [0.15, 0.2) is 0 Å². The zero-order valence-corrected chi connectivity index (χ0v) is 16.6. The van der Waals surface area contributed by atoms with Gasteiger partial charge in [0.2, 0.25) is 17.7 Å². The molecule has 3 amide bonds. The van der Waals surface area contributed by atoms with E-state index in [4.69, 9.17) is 0 Å². The number of amides is 3. The number of benzene rings is 1. The predicted molar refractivity (Wildman–Crippen MR) is 105 cm³/mol. The quantitative estimate of drug-likeness (QED) is 0.783. The van der Waals surface area contributed by atoms with Gasteiger partial charge in [-0.3, -0.25) is 19.1 Å². The van der Waals surface area contributed by atoms with Crippen molar-refractivity contribution in [2.24, 2.45) is 13.0 Å². The molecule has 1 aromatic carbocycles. The van der Waals surface area contributed by atoms with Gasteiger partial charge in [0.1, 0.15) is 0 Å². The van der Waals surface area contributed by atoms with Crippen molar-refractivity contribution in [1.29, 1.82) is 0 Å². The molecule has 0 spiro atoms. The van der Waals surface area contributed by atoms with Crippen LogP contribution < -0.4 is 10.6 Å². The van der Waals surface area contributed by atoms with E-state index in [1.54, 1.807) is 10.9 Å². The third-order valence-electron chi connectivity index (χ3n) is 5.79. The maximum Gasteiger partial charge on any atom is 0.229 e. The molecule has 1 saturated heterocycles. The molecule has 2 atom stereocenters. The lowest BCUT2D eigenvalue weighted by Crippen LogP contribution is -2.33. The Morgan fingerprint density at radius 1 is 1.28 bits per heavy atom. The number of aromatic nitrogens is 2. The molecule has 0 aliphatic carbocycles. The first-order valence-corrected chi connectivity index (χ1v) is 9.84. The fourth-order valence-electron chi connectivity index (χ4n) is 4.04. The van der Waals surface area contributed by atoms with Gasteiger partial charge in [0.05, 0.1) is 17.5 Å². The van der Waals surface area contributed by atoms with Crippen molar-refractivity contribution in [3.63, 3.8) is 0 Å². The first-order valence-electron chi connectivity index (χ1n) is 9.84. The van der Waals surface area contributed by atoms with Crippen LogP contribution in [0, 0.1) is 5.92 Å². The first kappa shape index (κ1) is 19.2. The number of hydrogen-bond acceptors (Lipinski definition) is 4. The molecule has 2 aliphatic rings. The summed E-state index contributed by atoms with van der Waals surface area (Å²) in [4.78, 5) is 38.3. The molecular formula is C21H25N5O3. The van der Waals surface area contributed by atoms with Crippen LogP contribution in [0.5, 0.6) is 0 Å². The highest BCUT2D eigenvalue weighted by molar-refractivity contribution is 5.89. The maximum atomic E-state index is 12.6. The van der Waals surface area contributed by atoms with Crippen LogP contribution in [0.25, 0.3) is 0 Å². The van der Waals surface area contributed by atoms with Crippen molar-refractivity contribution in [2.75, 3.05) is 6.54 Å². The normalized spacial score (nSPS) is 19.0. The molecule has 8 nitrogen and oxygen atoms in total. The van der Waals surface area contributed by atoms with Gasteiger partial charge in [-0.1, -0.05) is 18.2 Å². The van der Waals surface area contributed by atoms with E-state index in [0.717, 1.165) is 22.4 Å². The zero-order chi connectivity index (χ0) is 20.5. The van der Waals surface area contributed by atoms with Gasteiger partial charge in [-0.05, 0) is 29.7 Å². The van der Waals surface area contributed by atoms with Crippen molar-refractivity contribution < 1.29 is 14.4 Å². The Hall–Kier alpha value is -3.16. The second kappa shape index (κ2) is 7.69. The molecule has 2 N–H and O–H groups in total. The number of carbonyl (C=O) groups excluding carboxylic acids is 3. The van der Waals surface area contributed by atoms with Crippen LogP contribution in [0.3, 0.4) is 0 Å². The topological polar surface area (TPSA) is 96.3 Å². The molecular weight excluding hydrogens is 370 g/mol. The molecule has 8 heteroatoms. The lowest BCUT2D eigenvalue weighted by molar-refractivity contribution is -0.136. The van der Waals surface area contributed by atoms with Crippen LogP contribution in [0.1, 0.15) is 41.6 Å². The van der Waals surface area contributed by atoms with E-state index in [9.17, 15) is 14.4 Å². The van der Waals surface area contributed by atoms with Crippen LogP contribution in [-0.2, 0) is 41.1 Å². The van der Waals surface area contributed by atoms with Crippen LogP contribution in [-0.4, -0.2) is 38.9 Å². The third-order valence-corrected chi connectivity index (χ3v) is 5.79. The van der Waals surface area contributed by atoms with E-state index in [-0.39, 0.29) is 36.0 Å². The molecule has 2 aliphatic heterocycles. The summed E-state index contributed by atoms with van der Waals surface area (Å²) in [5.41, 5.74) is 4.09. The summed E-state index contributed by atoms with van der Waals surface area (Å²) in [7, 11) is 1.82. The Morgan fingerprint density at radius 2 is 2.07 bits per heavy atom. The molecule has 0 bridgehead atoms. The Morgan fingerprint density at radius 3 is 2.76 bits per heavy atom. The van der Waals surface area contributed by atoms with Crippen molar-refractivity contribution in [3.8, 4) is 0 Å². The standard InChI is InChI=1S/C21H25N5O3/c1-13(18-5-6-24-25(18)2)20(28)23-9-14-3-4-15-11-26(12-17(15)7-14)21(29)16-8-19(27)22-10-16/h3-7,13,16H,8-12H2,1-2H3,(H,22,27)(H,23,28).